The molecular formula is C17H20ClN3O6S2. The number of carbonyl (C=O) groups excluding carboxylic acids is 2. The molecule has 0 aliphatic carbocycles. The van der Waals surface area contributed by atoms with E-state index in [1.807, 2.05) is 0 Å². The van der Waals surface area contributed by atoms with Crippen LogP contribution in [0, 0.1) is 0 Å². The molecule has 0 radical (unpaired) electrons. The van der Waals surface area contributed by atoms with Gasteiger partial charge in [0.15, 0.2) is 0 Å². The summed E-state index contributed by atoms with van der Waals surface area (Å²) in [4.78, 5) is 21.5. The maximum absolute atomic E-state index is 11.3. The molecule has 2 aromatic carbocycles. The van der Waals surface area contributed by atoms with Gasteiger partial charge in [-0.1, -0.05) is 0 Å². The number of anilines is 2. The standard InChI is InChI=1S/C9H12N2O3S.C8H8ClNO3S/c1-7(12)11-8-3-5-9(6-4-8)15(13,14)10-2;1-6(11)10-7-2-4-8(5-3-7)14(9,12)13/h3-6,10H,1-2H3,(H,11,12);2-5H,1H3,(H,10,11). The number of benzene rings is 2. The van der Waals surface area contributed by atoms with Crippen LogP contribution in [0.4, 0.5) is 11.4 Å². The minimum atomic E-state index is -3.69. The van der Waals surface area contributed by atoms with E-state index >= 15 is 0 Å². The quantitative estimate of drug-likeness (QED) is 0.583. The first-order valence-electron chi connectivity index (χ1n) is 7.98. The number of halogens is 1. The molecule has 2 rings (SSSR count). The third-order valence-corrected chi connectivity index (χ3v) is 6.01. The number of hydrogen-bond donors (Lipinski definition) is 3. The summed E-state index contributed by atoms with van der Waals surface area (Å²) in [6.45, 7) is 2.75. The molecule has 9 nitrogen and oxygen atoms in total. The highest BCUT2D eigenvalue weighted by Gasteiger charge is 2.10. The number of hydrogen-bond acceptors (Lipinski definition) is 6. The van der Waals surface area contributed by atoms with Crippen molar-refractivity contribution in [2.75, 3.05) is 17.7 Å². The van der Waals surface area contributed by atoms with Gasteiger partial charge in [-0.05, 0) is 55.6 Å². The van der Waals surface area contributed by atoms with Gasteiger partial charge in [0.2, 0.25) is 21.8 Å². The summed E-state index contributed by atoms with van der Waals surface area (Å²) in [6.07, 6.45) is 0. The van der Waals surface area contributed by atoms with Gasteiger partial charge in [-0.2, -0.15) is 0 Å². The van der Waals surface area contributed by atoms with E-state index in [-0.39, 0.29) is 21.6 Å². The molecule has 0 heterocycles. The van der Waals surface area contributed by atoms with Crippen molar-refractivity contribution < 1.29 is 26.4 Å². The van der Waals surface area contributed by atoms with Crippen LogP contribution in [-0.2, 0) is 28.7 Å². The normalized spacial score (nSPS) is 11.0. The molecule has 0 bridgehead atoms. The van der Waals surface area contributed by atoms with Gasteiger partial charge in [-0.25, -0.2) is 21.6 Å². The lowest BCUT2D eigenvalue weighted by Gasteiger charge is -2.04. The van der Waals surface area contributed by atoms with Crippen molar-refractivity contribution in [1.29, 1.82) is 0 Å². The highest BCUT2D eigenvalue weighted by Crippen LogP contribution is 2.17. The van der Waals surface area contributed by atoms with Crippen molar-refractivity contribution in [3.05, 3.63) is 48.5 Å². The second kappa shape index (κ2) is 10.3. The fraction of sp³-hybridized carbons (Fsp3) is 0.176. The predicted molar refractivity (Wildman–Crippen MR) is 111 cm³/mol. The van der Waals surface area contributed by atoms with Gasteiger partial charge in [-0.3, -0.25) is 9.59 Å². The van der Waals surface area contributed by atoms with Crippen molar-refractivity contribution in [2.45, 2.75) is 23.6 Å². The number of rotatable bonds is 5. The maximum Gasteiger partial charge on any atom is 0.261 e. The largest absolute Gasteiger partial charge is 0.326 e. The molecule has 0 unspecified atom stereocenters. The molecule has 0 atom stereocenters. The van der Waals surface area contributed by atoms with E-state index in [0.29, 0.717) is 11.4 Å². The first kappa shape index (κ1) is 24.6. The Morgan fingerprint density at radius 1 is 0.724 bits per heavy atom. The Bertz CT molecular complexity index is 1070. The van der Waals surface area contributed by atoms with Crippen molar-refractivity contribution in [3.8, 4) is 0 Å². The van der Waals surface area contributed by atoms with E-state index in [4.69, 9.17) is 10.7 Å². The Kier molecular flexibility index (Phi) is 8.77. The van der Waals surface area contributed by atoms with Crippen LogP contribution in [0.25, 0.3) is 0 Å². The first-order chi connectivity index (χ1) is 13.3. The SMILES string of the molecule is CC(=O)Nc1ccc(S(=O)(=O)Cl)cc1.CNS(=O)(=O)c1ccc(NC(C)=O)cc1. The summed E-state index contributed by atoms with van der Waals surface area (Å²) in [5, 5.41) is 5.05. The molecule has 158 valence electrons. The number of nitrogens with one attached hydrogen (secondary N) is 3. The molecule has 2 amide bonds. The van der Waals surface area contributed by atoms with E-state index < -0.39 is 19.1 Å². The molecule has 0 spiro atoms. The van der Waals surface area contributed by atoms with Crippen LogP contribution in [0.5, 0.6) is 0 Å². The lowest BCUT2D eigenvalue weighted by molar-refractivity contribution is -0.115. The highest BCUT2D eigenvalue weighted by molar-refractivity contribution is 8.13. The summed E-state index contributed by atoms with van der Waals surface area (Å²) in [7, 11) is -0.649. The van der Waals surface area contributed by atoms with Gasteiger partial charge < -0.3 is 10.6 Å². The van der Waals surface area contributed by atoms with Crippen molar-refractivity contribution >= 4 is 52.9 Å². The van der Waals surface area contributed by atoms with Crippen molar-refractivity contribution in [3.63, 3.8) is 0 Å². The topological polar surface area (TPSA) is 139 Å². The van der Waals surface area contributed by atoms with Crippen LogP contribution in [0.2, 0.25) is 0 Å². The summed E-state index contributed by atoms with van der Waals surface area (Å²) in [6, 6.07) is 11.5. The minimum Gasteiger partial charge on any atom is -0.326 e. The fourth-order valence-electron chi connectivity index (χ4n) is 1.94. The lowest BCUT2D eigenvalue weighted by Crippen LogP contribution is -2.18. The smallest absolute Gasteiger partial charge is 0.261 e. The molecular weight excluding hydrogens is 442 g/mol. The summed E-state index contributed by atoms with van der Waals surface area (Å²) >= 11 is 0. The lowest BCUT2D eigenvalue weighted by atomic mass is 10.3. The van der Waals surface area contributed by atoms with Crippen LogP contribution >= 0.6 is 10.7 Å². The summed E-state index contributed by atoms with van der Waals surface area (Å²) in [5.41, 5.74) is 1.10. The zero-order valence-electron chi connectivity index (χ0n) is 15.8. The van der Waals surface area contributed by atoms with Crippen LogP contribution < -0.4 is 15.4 Å². The molecule has 0 aromatic heterocycles. The van der Waals surface area contributed by atoms with E-state index in [0.717, 1.165) is 0 Å². The number of sulfonamides is 1. The average Bonchev–Trinajstić information content (AvgIpc) is 2.61. The zero-order valence-corrected chi connectivity index (χ0v) is 18.2. The third kappa shape index (κ3) is 8.60. The zero-order chi connectivity index (χ0) is 22.2. The van der Waals surface area contributed by atoms with Crippen molar-refractivity contribution in [2.24, 2.45) is 0 Å². The molecule has 3 N–H and O–H groups in total. The Morgan fingerprint density at radius 2 is 1.07 bits per heavy atom. The summed E-state index contributed by atoms with van der Waals surface area (Å²) in [5.74, 6) is -0.411. The highest BCUT2D eigenvalue weighted by atomic mass is 35.7. The van der Waals surface area contributed by atoms with Crippen molar-refractivity contribution in [1.82, 2.24) is 4.72 Å². The Balaban J connectivity index is 0.000000291. The molecule has 2 aromatic rings. The van der Waals surface area contributed by atoms with E-state index in [1.165, 1.54) is 69.4 Å². The van der Waals surface area contributed by atoms with Gasteiger partial charge >= 0.3 is 0 Å². The maximum atomic E-state index is 11.3. The molecule has 0 aliphatic rings. The van der Waals surface area contributed by atoms with Crippen LogP contribution in [0.3, 0.4) is 0 Å². The van der Waals surface area contributed by atoms with Gasteiger partial charge in [0.1, 0.15) is 0 Å². The van der Waals surface area contributed by atoms with E-state index in [2.05, 4.69) is 15.4 Å². The molecule has 0 saturated heterocycles. The number of carbonyl (C=O) groups is 2. The molecule has 0 fully saturated rings. The Hall–Kier alpha value is -2.47. The molecule has 12 heteroatoms. The first-order valence-corrected chi connectivity index (χ1v) is 11.8. The van der Waals surface area contributed by atoms with Gasteiger partial charge in [-0.15, -0.1) is 0 Å². The molecule has 0 aliphatic heterocycles. The van der Waals surface area contributed by atoms with Crippen LogP contribution in [0.15, 0.2) is 58.3 Å². The van der Waals surface area contributed by atoms with Gasteiger partial charge in [0, 0.05) is 35.9 Å². The Labute approximate surface area is 173 Å². The minimum absolute atomic E-state index is 0.00766. The second-order valence-electron chi connectivity index (χ2n) is 5.56. The van der Waals surface area contributed by atoms with Gasteiger partial charge in [0.05, 0.1) is 9.79 Å². The number of amides is 2. The van der Waals surface area contributed by atoms with Gasteiger partial charge in [0.25, 0.3) is 9.05 Å². The van der Waals surface area contributed by atoms with E-state index in [9.17, 15) is 26.4 Å². The molecule has 0 saturated carbocycles. The predicted octanol–water partition coefficient (Wildman–Crippen LogP) is 2.13. The Morgan fingerprint density at radius 3 is 1.34 bits per heavy atom. The van der Waals surface area contributed by atoms with Crippen LogP contribution in [0.1, 0.15) is 13.8 Å². The van der Waals surface area contributed by atoms with E-state index in [1.54, 1.807) is 0 Å². The second-order valence-corrected chi connectivity index (χ2v) is 10.0. The third-order valence-electron chi connectivity index (χ3n) is 3.21. The summed E-state index contributed by atoms with van der Waals surface area (Å²) < 4.78 is 46.6. The van der Waals surface area contributed by atoms with Crippen LogP contribution in [-0.4, -0.2) is 35.7 Å². The molecule has 29 heavy (non-hydrogen) atoms. The average molecular weight is 462 g/mol. The fourth-order valence-corrected chi connectivity index (χ4v) is 3.44. The monoisotopic (exact) mass is 461 g/mol.